The number of hydrogen-bond donors (Lipinski definition) is 0. The molecule has 53 heavy (non-hydrogen) atoms. The van der Waals surface area contributed by atoms with Crippen LogP contribution in [0.5, 0.6) is 0 Å². The van der Waals surface area contributed by atoms with Gasteiger partial charge in [-0.05, 0) is 105 Å². The minimum absolute atomic E-state index is 0.630. The zero-order valence-corrected chi connectivity index (χ0v) is 32.9. The highest BCUT2D eigenvalue weighted by atomic mass is 16.5. The molecule has 274 valence electrons. The van der Waals surface area contributed by atoms with Gasteiger partial charge in [0.05, 0.1) is 5.76 Å². The van der Waals surface area contributed by atoms with Crippen LogP contribution >= 0.6 is 0 Å². The second-order valence-corrected chi connectivity index (χ2v) is 13.4. The lowest BCUT2D eigenvalue weighted by atomic mass is 9.97. The number of aryl methyl sites for hydroxylation is 3. The van der Waals surface area contributed by atoms with E-state index in [2.05, 4.69) is 181 Å². The van der Waals surface area contributed by atoms with E-state index in [4.69, 9.17) is 4.74 Å². The highest BCUT2D eigenvalue weighted by Crippen LogP contribution is 2.26. The smallest absolute Gasteiger partial charge is 0.113 e. The van der Waals surface area contributed by atoms with Crippen LogP contribution in [0.1, 0.15) is 91.0 Å². The van der Waals surface area contributed by atoms with Crippen LogP contribution in [0.4, 0.5) is 0 Å². The average molecular weight is 701 g/mol. The van der Waals surface area contributed by atoms with Crippen molar-refractivity contribution in [2.75, 3.05) is 0 Å². The third-order valence-corrected chi connectivity index (χ3v) is 9.13. The van der Waals surface area contributed by atoms with Crippen LogP contribution < -0.4 is 0 Å². The van der Waals surface area contributed by atoms with Gasteiger partial charge < -0.3 is 4.74 Å². The maximum atomic E-state index is 5.93. The van der Waals surface area contributed by atoms with Crippen LogP contribution in [0, 0.1) is 13.8 Å². The fourth-order valence-electron chi connectivity index (χ4n) is 5.59. The monoisotopic (exact) mass is 700 g/mol. The Morgan fingerprint density at radius 2 is 1.13 bits per heavy atom. The van der Waals surface area contributed by atoms with E-state index >= 15 is 0 Å². The van der Waals surface area contributed by atoms with Crippen molar-refractivity contribution in [3.05, 3.63) is 220 Å². The second-order valence-electron chi connectivity index (χ2n) is 13.4. The predicted octanol–water partition coefficient (Wildman–Crippen LogP) is 14.8. The molecule has 1 heteroatoms. The van der Waals surface area contributed by atoms with Crippen molar-refractivity contribution in [3.63, 3.8) is 0 Å². The molecule has 0 amide bonds. The first-order valence-electron chi connectivity index (χ1n) is 18.9. The van der Waals surface area contributed by atoms with Crippen molar-refractivity contribution in [3.8, 4) is 0 Å². The quantitative estimate of drug-likeness (QED) is 0.160. The third-order valence-electron chi connectivity index (χ3n) is 9.13. The molecule has 4 aromatic carbocycles. The van der Waals surface area contributed by atoms with E-state index in [1.54, 1.807) is 5.57 Å². The molecule has 4 aromatic rings. The summed E-state index contributed by atoms with van der Waals surface area (Å²) in [5.74, 6) is 1.08. The summed E-state index contributed by atoms with van der Waals surface area (Å²) < 4.78 is 5.93. The van der Waals surface area contributed by atoms with E-state index in [0.29, 0.717) is 6.61 Å². The predicted molar refractivity (Wildman–Crippen MR) is 235 cm³/mol. The van der Waals surface area contributed by atoms with Gasteiger partial charge >= 0.3 is 0 Å². The van der Waals surface area contributed by atoms with E-state index in [9.17, 15) is 0 Å². The molecule has 1 nitrogen and oxygen atoms in total. The van der Waals surface area contributed by atoms with Crippen molar-refractivity contribution in [1.82, 2.24) is 0 Å². The number of benzene rings is 4. The van der Waals surface area contributed by atoms with Gasteiger partial charge in [0.1, 0.15) is 6.61 Å². The Kier molecular flexibility index (Phi) is 19.0. The zero-order valence-electron chi connectivity index (χ0n) is 32.9. The minimum atomic E-state index is 0.630. The first-order valence-corrected chi connectivity index (χ1v) is 18.9. The molecule has 0 aromatic heterocycles. The number of allylic oxidation sites excluding steroid dienone is 10. The molecule has 0 spiro atoms. The SMILES string of the molecule is C=Cc1ccc(C)cc1.C=Cc1ccc(CC)cc1.C=Cc1ccc(COC2=CC(/C=C\C)=C(C)CC2)cc1.Cc1ccc(CC2=CC=CCC2)cc1. The Labute approximate surface area is 321 Å². The van der Waals surface area contributed by atoms with Gasteiger partial charge in [0.25, 0.3) is 0 Å². The topological polar surface area (TPSA) is 9.23 Å². The van der Waals surface area contributed by atoms with Crippen molar-refractivity contribution >= 4 is 18.2 Å². The van der Waals surface area contributed by atoms with Gasteiger partial charge in [-0.3, -0.25) is 0 Å². The fourth-order valence-corrected chi connectivity index (χ4v) is 5.59. The molecule has 0 atom stereocenters. The summed E-state index contributed by atoms with van der Waals surface area (Å²) in [6.45, 7) is 22.3. The molecule has 6 rings (SSSR count). The summed E-state index contributed by atoms with van der Waals surface area (Å²) in [5.41, 5.74) is 14.4. The Hall–Kier alpha value is -5.40. The van der Waals surface area contributed by atoms with Gasteiger partial charge in [-0.2, -0.15) is 0 Å². The van der Waals surface area contributed by atoms with Crippen molar-refractivity contribution in [2.45, 2.75) is 79.8 Å². The molecule has 0 saturated heterocycles. The number of ether oxygens (including phenoxy) is 1. The van der Waals surface area contributed by atoms with E-state index in [0.717, 1.165) is 37.0 Å². The van der Waals surface area contributed by atoms with Gasteiger partial charge in [-0.15, -0.1) is 0 Å². The highest BCUT2D eigenvalue weighted by molar-refractivity contribution is 5.48. The average Bonchev–Trinajstić information content (AvgIpc) is 3.21. The van der Waals surface area contributed by atoms with Crippen molar-refractivity contribution in [2.24, 2.45) is 0 Å². The fraction of sp³-hybridized carbons (Fsp3) is 0.231. The summed E-state index contributed by atoms with van der Waals surface area (Å²) in [6, 6.07) is 33.9. The molecular weight excluding hydrogens is 641 g/mol. The molecule has 2 aliphatic carbocycles. The molecule has 0 aliphatic heterocycles. The van der Waals surface area contributed by atoms with Crippen LogP contribution in [0.2, 0.25) is 0 Å². The lowest BCUT2D eigenvalue weighted by Gasteiger charge is -2.17. The minimum Gasteiger partial charge on any atom is -0.493 e. The largest absolute Gasteiger partial charge is 0.493 e. The number of rotatable bonds is 10. The molecule has 2 aliphatic rings. The molecule has 0 saturated carbocycles. The van der Waals surface area contributed by atoms with Crippen molar-refractivity contribution in [1.29, 1.82) is 0 Å². The van der Waals surface area contributed by atoms with Crippen molar-refractivity contribution < 1.29 is 4.74 Å². The van der Waals surface area contributed by atoms with E-state index in [1.165, 1.54) is 62.9 Å². The number of hydrogen-bond acceptors (Lipinski definition) is 1. The zero-order chi connectivity index (χ0) is 38.3. The summed E-state index contributed by atoms with van der Waals surface area (Å²) in [7, 11) is 0. The molecule has 0 radical (unpaired) electrons. The molecule has 0 fully saturated rings. The lowest BCUT2D eigenvalue weighted by Crippen LogP contribution is -2.00. The van der Waals surface area contributed by atoms with Crippen LogP contribution in [0.15, 0.2) is 176 Å². The summed E-state index contributed by atoms with van der Waals surface area (Å²) in [4.78, 5) is 0. The van der Waals surface area contributed by atoms with Crippen LogP contribution in [-0.4, -0.2) is 0 Å². The van der Waals surface area contributed by atoms with Gasteiger partial charge in [-0.25, -0.2) is 0 Å². The standard InChI is InChI=1S/C19H22O.C14H16.C10H12.C9H10/c1-4-6-18-13-19(12-7-15(18)3)20-14-17-10-8-16(5-2)9-11-17;1-12-7-9-14(10-8-12)11-13-5-3-2-4-6-13;1-3-9-5-7-10(4-2)8-6-9;1-3-9-6-4-8(2)5-7-9/h4-6,8-11,13H,2,7,12,14H2,1,3H3;2-3,5,7-10H,4,6,11H2,1H3;3,5-8H,1,4H2,2H3;3-7H,1H2,2H3/b6-4-;;;. The maximum Gasteiger partial charge on any atom is 0.113 e. The summed E-state index contributed by atoms with van der Waals surface area (Å²) in [5, 5.41) is 0. The molecule has 0 bridgehead atoms. The summed E-state index contributed by atoms with van der Waals surface area (Å²) >= 11 is 0. The highest BCUT2D eigenvalue weighted by Gasteiger charge is 2.10. The summed E-state index contributed by atoms with van der Waals surface area (Å²) in [6.07, 6.45) is 25.3. The van der Waals surface area contributed by atoms with E-state index in [1.807, 2.05) is 25.2 Å². The molecular formula is C52H60O. The second kappa shape index (κ2) is 24.0. The Morgan fingerprint density at radius 1 is 0.623 bits per heavy atom. The third kappa shape index (κ3) is 16.2. The molecule has 0 unspecified atom stereocenters. The van der Waals surface area contributed by atoms with Crippen LogP contribution in [-0.2, 0) is 24.2 Å². The van der Waals surface area contributed by atoms with Gasteiger partial charge in [0.15, 0.2) is 0 Å². The van der Waals surface area contributed by atoms with E-state index < -0.39 is 0 Å². The normalized spacial score (nSPS) is 13.2. The lowest BCUT2D eigenvalue weighted by molar-refractivity contribution is 0.187. The van der Waals surface area contributed by atoms with E-state index in [-0.39, 0.29) is 0 Å². The molecule has 0 heterocycles. The van der Waals surface area contributed by atoms with Gasteiger partial charge in [0.2, 0.25) is 0 Å². The molecule has 0 N–H and O–H groups in total. The Bertz CT molecular complexity index is 1850. The first-order chi connectivity index (χ1) is 25.8. The Balaban J connectivity index is 0.000000200. The van der Waals surface area contributed by atoms with Gasteiger partial charge in [0, 0.05) is 6.42 Å². The maximum absolute atomic E-state index is 5.93. The van der Waals surface area contributed by atoms with Crippen LogP contribution in [0.25, 0.3) is 18.2 Å². The van der Waals surface area contributed by atoms with Gasteiger partial charge in [-0.1, -0.05) is 195 Å². The Morgan fingerprint density at radius 3 is 1.62 bits per heavy atom. The van der Waals surface area contributed by atoms with Crippen LogP contribution in [0.3, 0.4) is 0 Å². The first kappa shape index (κ1) is 42.0.